The summed E-state index contributed by atoms with van der Waals surface area (Å²) in [6.07, 6.45) is 0.0517. The Labute approximate surface area is 91.6 Å². The first kappa shape index (κ1) is 10.9. The van der Waals surface area contributed by atoms with Gasteiger partial charge in [-0.1, -0.05) is 0 Å². The molecule has 0 fully saturated rings. The van der Waals surface area contributed by atoms with Crippen LogP contribution < -0.4 is 4.74 Å². The van der Waals surface area contributed by atoms with Crippen molar-refractivity contribution < 1.29 is 23.8 Å². The molecule has 0 bridgehead atoms. The molecule has 1 aliphatic heterocycles. The molecular weight excluding hydrogens is 215 g/mol. The van der Waals surface area contributed by atoms with Gasteiger partial charge in [-0.3, -0.25) is 0 Å². The van der Waals surface area contributed by atoms with Gasteiger partial charge in [-0.25, -0.2) is 9.18 Å². The van der Waals surface area contributed by atoms with Crippen molar-refractivity contribution in [2.24, 2.45) is 0 Å². The van der Waals surface area contributed by atoms with Crippen molar-refractivity contribution in [2.45, 2.75) is 12.0 Å². The zero-order chi connectivity index (χ0) is 11.8. The molecule has 1 atom stereocenters. The topological polar surface area (TPSA) is 55.8 Å². The van der Waals surface area contributed by atoms with Crippen LogP contribution in [0.1, 0.15) is 12.0 Å². The Morgan fingerprint density at radius 1 is 1.62 bits per heavy atom. The molecule has 0 saturated heterocycles. The van der Waals surface area contributed by atoms with E-state index < -0.39 is 17.4 Å². The fourth-order valence-corrected chi connectivity index (χ4v) is 1.78. The van der Waals surface area contributed by atoms with E-state index in [4.69, 9.17) is 4.74 Å². The highest BCUT2D eigenvalue weighted by Crippen LogP contribution is 2.38. The van der Waals surface area contributed by atoms with Crippen molar-refractivity contribution in [2.75, 3.05) is 13.7 Å². The molecule has 86 valence electrons. The van der Waals surface area contributed by atoms with E-state index in [9.17, 15) is 14.3 Å². The van der Waals surface area contributed by atoms with Crippen molar-refractivity contribution in [1.29, 1.82) is 0 Å². The quantitative estimate of drug-likeness (QED) is 0.725. The molecule has 1 heterocycles. The third-order valence-electron chi connectivity index (χ3n) is 2.63. The summed E-state index contributed by atoms with van der Waals surface area (Å²) in [6.45, 7) is 0.185. The Hall–Kier alpha value is -1.62. The minimum absolute atomic E-state index is 0.0517. The van der Waals surface area contributed by atoms with Crippen LogP contribution >= 0.6 is 0 Å². The number of aliphatic hydroxyl groups is 1. The van der Waals surface area contributed by atoms with Gasteiger partial charge >= 0.3 is 5.97 Å². The predicted molar refractivity (Wildman–Crippen MR) is 52.4 cm³/mol. The standard InChI is InChI=1S/C11H11FO4/c1-15-10(13)11(14)4-5-16-9-3-2-7(12)6-8(9)11/h2-3,6,14H,4-5H2,1H3. The molecule has 0 radical (unpaired) electrons. The second-order valence-electron chi connectivity index (χ2n) is 3.59. The number of hydrogen-bond donors (Lipinski definition) is 1. The van der Waals surface area contributed by atoms with Crippen LogP contribution in [0.25, 0.3) is 0 Å². The van der Waals surface area contributed by atoms with Crippen molar-refractivity contribution in [3.8, 4) is 5.75 Å². The maximum absolute atomic E-state index is 13.1. The molecule has 0 aromatic heterocycles. The maximum atomic E-state index is 13.1. The van der Waals surface area contributed by atoms with Gasteiger partial charge in [0.1, 0.15) is 11.6 Å². The summed E-state index contributed by atoms with van der Waals surface area (Å²) < 4.78 is 22.8. The molecule has 1 unspecified atom stereocenters. The molecule has 0 saturated carbocycles. The number of rotatable bonds is 1. The van der Waals surface area contributed by atoms with Crippen molar-refractivity contribution in [3.63, 3.8) is 0 Å². The van der Waals surface area contributed by atoms with E-state index in [0.29, 0.717) is 5.75 Å². The number of esters is 1. The van der Waals surface area contributed by atoms with E-state index in [1.165, 1.54) is 19.2 Å². The Bertz CT molecular complexity index is 432. The van der Waals surface area contributed by atoms with Crippen LogP contribution in [0.2, 0.25) is 0 Å². The molecule has 4 nitrogen and oxygen atoms in total. The highest BCUT2D eigenvalue weighted by Gasteiger charge is 2.44. The van der Waals surface area contributed by atoms with E-state index >= 15 is 0 Å². The Morgan fingerprint density at radius 2 is 2.38 bits per heavy atom. The SMILES string of the molecule is COC(=O)C1(O)CCOc2ccc(F)cc21. The lowest BCUT2D eigenvalue weighted by Gasteiger charge is -2.31. The number of halogens is 1. The average molecular weight is 226 g/mol. The molecular formula is C11H11FO4. The normalized spacial score (nSPS) is 23.2. The number of carbonyl (C=O) groups excluding carboxylic acids is 1. The summed E-state index contributed by atoms with van der Waals surface area (Å²) in [6, 6.07) is 3.69. The van der Waals surface area contributed by atoms with Gasteiger partial charge in [0.15, 0.2) is 5.60 Å². The largest absolute Gasteiger partial charge is 0.493 e. The number of ether oxygens (including phenoxy) is 2. The summed E-state index contributed by atoms with van der Waals surface area (Å²) in [5.74, 6) is -1.03. The number of carbonyl (C=O) groups is 1. The van der Waals surface area contributed by atoms with Gasteiger partial charge in [-0.05, 0) is 18.2 Å². The van der Waals surface area contributed by atoms with Gasteiger partial charge in [0, 0.05) is 12.0 Å². The Kier molecular flexibility index (Phi) is 2.55. The van der Waals surface area contributed by atoms with Gasteiger partial charge in [-0.15, -0.1) is 0 Å². The molecule has 1 aliphatic rings. The molecule has 1 N–H and O–H groups in total. The lowest BCUT2D eigenvalue weighted by atomic mass is 9.88. The van der Waals surface area contributed by atoms with Crippen molar-refractivity contribution >= 4 is 5.97 Å². The second kappa shape index (κ2) is 3.75. The summed E-state index contributed by atoms with van der Waals surface area (Å²) >= 11 is 0. The van der Waals surface area contributed by atoms with Crippen LogP contribution in [0.3, 0.4) is 0 Å². The molecule has 1 aromatic carbocycles. The summed E-state index contributed by atoms with van der Waals surface area (Å²) in [4.78, 5) is 11.5. The number of methoxy groups -OCH3 is 1. The molecule has 0 spiro atoms. The van der Waals surface area contributed by atoms with Crippen LogP contribution in [0, 0.1) is 5.82 Å². The second-order valence-corrected chi connectivity index (χ2v) is 3.59. The molecule has 2 rings (SSSR count). The molecule has 0 amide bonds. The van der Waals surface area contributed by atoms with Crippen molar-refractivity contribution in [1.82, 2.24) is 0 Å². The average Bonchev–Trinajstić information content (AvgIpc) is 2.29. The summed E-state index contributed by atoms with van der Waals surface area (Å²) in [5.41, 5.74) is -1.70. The third-order valence-corrected chi connectivity index (χ3v) is 2.63. The van der Waals surface area contributed by atoms with Gasteiger partial charge < -0.3 is 14.6 Å². The van der Waals surface area contributed by atoms with E-state index in [0.717, 1.165) is 6.07 Å². The molecule has 0 aliphatic carbocycles. The third kappa shape index (κ3) is 1.53. The zero-order valence-corrected chi connectivity index (χ0v) is 8.70. The Balaban J connectivity index is 2.54. The highest BCUT2D eigenvalue weighted by atomic mass is 19.1. The van der Waals surface area contributed by atoms with Crippen molar-refractivity contribution in [3.05, 3.63) is 29.6 Å². The molecule has 5 heteroatoms. The lowest BCUT2D eigenvalue weighted by Crippen LogP contribution is -2.41. The fraction of sp³-hybridized carbons (Fsp3) is 0.364. The van der Waals surface area contributed by atoms with E-state index in [2.05, 4.69) is 4.74 Å². The minimum Gasteiger partial charge on any atom is -0.493 e. The van der Waals surface area contributed by atoms with E-state index in [1.54, 1.807) is 0 Å². The zero-order valence-electron chi connectivity index (χ0n) is 8.70. The van der Waals surface area contributed by atoms with Crippen LogP contribution in [0.4, 0.5) is 4.39 Å². The van der Waals surface area contributed by atoms with Crippen LogP contribution in [0.5, 0.6) is 5.75 Å². The number of fused-ring (bicyclic) bond motifs is 1. The summed E-state index contributed by atoms with van der Waals surface area (Å²) in [5, 5.41) is 10.2. The number of benzene rings is 1. The van der Waals surface area contributed by atoms with E-state index in [1.807, 2.05) is 0 Å². The first-order valence-corrected chi connectivity index (χ1v) is 4.81. The highest BCUT2D eigenvalue weighted by molar-refractivity contribution is 5.82. The summed E-state index contributed by atoms with van der Waals surface area (Å²) in [7, 11) is 1.18. The van der Waals surface area contributed by atoms with Crippen LogP contribution in [-0.2, 0) is 15.1 Å². The van der Waals surface area contributed by atoms with Gasteiger partial charge in [-0.2, -0.15) is 0 Å². The lowest BCUT2D eigenvalue weighted by molar-refractivity contribution is -0.166. The van der Waals surface area contributed by atoms with Gasteiger partial charge in [0.05, 0.1) is 13.7 Å². The first-order chi connectivity index (χ1) is 7.58. The Morgan fingerprint density at radius 3 is 3.06 bits per heavy atom. The molecule has 16 heavy (non-hydrogen) atoms. The van der Waals surface area contributed by atoms with Crippen LogP contribution in [0.15, 0.2) is 18.2 Å². The first-order valence-electron chi connectivity index (χ1n) is 4.81. The predicted octanol–water partition coefficient (Wildman–Crippen LogP) is 0.969. The van der Waals surface area contributed by atoms with E-state index in [-0.39, 0.29) is 18.6 Å². The monoisotopic (exact) mass is 226 g/mol. The maximum Gasteiger partial charge on any atom is 0.342 e. The van der Waals surface area contributed by atoms with Gasteiger partial charge in [0.25, 0.3) is 0 Å². The molecule has 1 aromatic rings. The minimum atomic E-state index is -1.82. The fourth-order valence-electron chi connectivity index (χ4n) is 1.78. The smallest absolute Gasteiger partial charge is 0.342 e. The number of hydrogen-bond acceptors (Lipinski definition) is 4. The van der Waals surface area contributed by atoms with Gasteiger partial charge in [0.2, 0.25) is 0 Å². The van der Waals surface area contributed by atoms with Crippen LogP contribution in [-0.4, -0.2) is 24.8 Å².